The van der Waals surface area contributed by atoms with Gasteiger partial charge in [0.1, 0.15) is 11.6 Å². The summed E-state index contributed by atoms with van der Waals surface area (Å²) in [5.41, 5.74) is 1.24. The highest BCUT2D eigenvalue weighted by Crippen LogP contribution is 2.28. The van der Waals surface area contributed by atoms with Gasteiger partial charge in [0.2, 0.25) is 0 Å². The van der Waals surface area contributed by atoms with Crippen LogP contribution in [0.15, 0.2) is 53.7 Å². The molecule has 0 unspecified atom stereocenters. The number of hydrogen-bond acceptors (Lipinski definition) is 5. The average molecular weight is 463 g/mol. The summed E-state index contributed by atoms with van der Waals surface area (Å²) in [6.45, 7) is 4.40. The number of benzene rings is 2. The summed E-state index contributed by atoms with van der Waals surface area (Å²) in [6.07, 6.45) is 2.53. The quantitative estimate of drug-likeness (QED) is 0.314. The fourth-order valence-electron chi connectivity index (χ4n) is 3.49. The van der Waals surface area contributed by atoms with Gasteiger partial charge in [-0.1, -0.05) is 65.3 Å². The van der Waals surface area contributed by atoms with Crippen LogP contribution in [0.2, 0.25) is 10.0 Å². The molecule has 0 aliphatic carbocycles. The van der Waals surface area contributed by atoms with Crippen molar-refractivity contribution in [1.82, 2.24) is 19.7 Å². The lowest BCUT2D eigenvalue weighted by atomic mass is 10.2. The largest absolute Gasteiger partial charge is 0.491 e. The number of likely N-dealkylation sites (tertiary alicyclic amines) is 1. The first kappa shape index (κ1) is 21.5. The Labute approximate surface area is 191 Å². The van der Waals surface area contributed by atoms with Crippen LogP contribution < -0.4 is 4.74 Å². The summed E-state index contributed by atoms with van der Waals surface area (Å²) in [5, 5.41) is 11.0. The molecule has 8 heteroatoms. The van der Waals surface area contributed by atoms with Crippen LogP contribution in [-0.2, 0) is 13.1 Å². The second-order valence-electron chi connectivity index (χ2n) is 7.23. The molecule has 3 aromatic rings. The van der Waals surface area contributed by atoms with Crippen molar-refractivity contribution in [2.24, 2.45) is 0 Å². The van der Waals surface area contributed by atoms with E-state index in [1.54, 1.807) is 30.0 Å². The molecule has 0 amide bonds. The highest BCUT2D eigenvalue weighted by molar-refractivity contribution is 7.99. The van der Waals surface area contributed by atoms with Crippen molar-refractivity contribution in [3.8, 4) is 5.75 Å². The Morgan fingerprint density at radius 1 is 0.967 bits per heavy atom. The van der Waals surface area contributed by atoms with Crippen LogP contribution in [0, 0.1) is 0 Å². The summed E-state index contributed by atoms with van der Waals surface area (Å²) in [5.74, 6) is 2.40. The molecule has 0 radical (unpaired) electrons. The Kier molecular flexibility index (Phi) is 7.55. The zero-order valence-corrected chi connectivity index (χ0v) is 19.0. The molecule has 30 heavy (non-hydrogen) atoms. The zero-order chi connectivity index (χ0) is 20.8. The van der Waals surface area contributed by atoms with Crippen LogP contribution in [-0.4, -0.2) is 45.1 Å². The lowest BCUT2D eigenvalue weighted by Crippen LogP contribution is -2.21. The number of rotatable bonds is 9. The molecule has 0 N–H and O–H groups in total. The Bertz CT molecular complexity index is 961. The molecule has 0 atom stereocenters. The summed E-state index contributed by atoms with van der Waals surface area (Å²) >= 11 is 13.8. The van der Waals surface area contributed by atoms with Gasteiger partial charge in [-0.05, 0) is 49.7 Å². The maximum Gasteiger partial charge on any atom is 0.191 e. The van der Waals surface area contributed by atoms with E-state index in [0.717, 1.165) is 42.9 Å². The van der Waals surface area contributed by atoms with Gasteiger partial charge < -0.3 is 9.30 Å². The van der Waals surface area contributed by atoms with Crippen LogP contribution in [0.5, 0.6) is 5.75 Å². The van der Waals surface area contributed by atoms with Gasteiger partial charge >= 0.3 is 0 Å². The van der Waals surface area contributed by atoms with Gasteiger partial charge in [-0.15, -0.1) is 10.2 Å². The molecule has 1 saturated heterocycles. The zero-order valence-electron chi connectivity index (χ0n) is 16.6. The second kappa shape index (κ2) is 10.5. The first-order valence-corrected chi connectivity index (χ1v) is 11.8. The Morgan fingerprint density at radius 2 is 1.77 bits per heavy atom. The molecule has 1 aliphatic heterocycles. The molecule has 5 nitrogen and oxygen atoms in total. The second-order valence-corrected chi connectivity index (χ2v) is 9.13. The lowest BCUT2D eigenvalue weighted by molar-refractivity contribution is 0.316. The molecule has 2 heterocycles. The van der Waals surface area contributed by atoms with Gasteiger partial charge in [-0.3, -0.25) is 4.90 Å². The minimum absolute atomic E-state index is 0.520. The van der Waals surface area contributed by atoms with Crippen molar-refractivity contribution < 1.29 is 4.74 Å². The van der Waals surface area contributed by atoms with Crippen molar-refractivity contribution in [2.45, 2.75) is 31.1 Å². The topological polar surface area (TPSA) is 43.2 Å². The van der Waals surface area contributed by atoms with Gasteiger partial charge in [0.15, 0.2) is 5.16 Å². The third kappa shape index (κ3) is 5.70. The standard InChI is InChI=1S/C22H24Cl2N4OS/c23-18-8-9-20(19(24)14-18)29-12-13-30-22-26-25-21(16-27-10-4-5-11-27)28(22)15-17-6-2-1-3-7-17/h1-3,6-9,14H,4-5,10-13,15-16H2. The van der Waals surface area contributed by atoms with Crippen LogP contribution in [0.4, 0.5) is 0 Å². The van der Waals surface area contributed by atoms with Crippen molar-refractivity contribution in [2.75, 3.05) is 25.4 Å². The summed E-state index contributed by atoms with van der Waals surface area (Å²) < 4.78 is 8.04. The third-order valence-corrected chi connectivity index (χ3v) is 6.47. The molecule has 1 fully saturated rings. The van der Waals surface area contributed by atoms with E-state index in [0.29, 0.717) is 22.4 Å². The maximum atomic E-state index is 6.18. The van der Waals surface area contributed by atoms with Gasteiger partial charge in [0.25, 0.3) is 0 Å². The summed E-state index contributed by atoms with van der Waals surface area (Å²) in [7, 11) is 0. The number of aromatic nitrogens is 3. The van der Waals surface area contributed by atoms with Crippen molar-refractivity contribution in [1.29, 1.82) is 0 Å². The number of nitrogens with zero attached hydrogens (tertiary/aromatic N) is 4. The Morgan fingerprint density at radius 3 is 2.53 bits per heavy atom. The third-order valence-electron chi connectivity index (χ3n) is 5.01. The molecule has 158 valence electrons. The van der Waals surface area contributed by atoms with Gasteiger partial charge in [-0.2, -0.15) is 0 Å². The highest BCUT2D eigenvalue weighted by atomic mass is 35.5. The number of ether oxygens (including phenoxy) is 1. The predicted molar refractivity (Wildman–Crippen MR) is 123 cm³/mol. The monoisotopic (exact) mass is 462 g/mol. The van der Waals surface area contributed by atoms with E-state index >= 15 is 0 Å². The van der Waals surface area contributed by atoms with Crippen molar-refractivity contribution >= 4 is 35.0 Å². The van der Waals surface area contributed by atoms with Crippen LogP contribution in [0.1, 0.15) is 24.2 Å². The van der Waals surface area contributed by atoms with E-state index in [1.165, 1.54) is 18.4 Å². The van der Waals surface area contributed by atoms with E-state index in [9.17, 15) is 0 Å². The Balaban J connectivity index is 1.41. The number of thioether (sulfide) groups is 1. The first-order valence-electron chi connectivity index (χ1n) is 10.1. The molecule has 0 saturated carbocycles. The van der Waals surface area contributed by atoms with E-state index in [-0.39, 0.29) is 0 Å². The highest BCUT2D eigenvalue weighted by Gasteiger charge is 2.18. The molecule has 2 aromatic carbocycles. The normalized spacial score (nSPS) is 14.3. The van der Waals surface area contributed by atoms with E-state index < -0.39 is 0 Å². The van der Waals surface area contributed by atoms with Gasteiger partial charge in [0.05, 0.1) is 24.7 Å². The molecule has 0 spiro atoms. The molecule has 0 bridgehead atoms. The van der Waals surface area contributed by atoms with Crippen molar-refractivity contribution in [3.63, 3.8) is 0 Å². The fraction of sp³-hybridized carbons (Fsp3) is 0.364. The molecule has 1 aliphatic rings. The lowest BCUT2D eigenvalue weighted by Gasteiger charge is -2.16. The minimum atomic E-state index is 0.520. The Hall–Kier alpha value is -1.73. The van der Waals surface area contributed by atoms with Crippen LogP contribution in [0.3, 0.4) is 0 Å². The molecule has 1 aromatic heterocycles. The predicted octanol–water partition coefficient (Wildman–Crippen LogP) is 5.40. The van der Waals surface area contributed by atoms with E-state index in [2.05, 4.69) is 43.9 Å². The van der Waals surface area contributed by atoms with Crippen molar-refractivity contribution in [3.05, 3.63) is 70.0 Å². The van der Waals surface area contributed by atoms with Gasteiger partial charge in [-0.25, -0.2) is 0 Å². The van der Waals surface area contributed by atoms with Crippen LogP contribution in [0.25, 0.3) is 0 Å². The minimum Gasteiger partial charge on any atom is -0.491 e. The number of halogens is 2. The summed E-state index contributed by atoms with van der Waals surface area (Å²) in [4.78, 5) is 2.45. The summed E-state index contributed by atoms with van der Waals surface area (Å²) in [6, 6.07) is 15.7. The average Bonchev–Trinajstić information content (AvgIpc) is 3.39. The molecular formula is C22H24Cl2N4OS. The molecular weight excluding hydrogens is 439 g/mol. The van der Waals surface area contributed by atoms with E-state index in [1.807, 2.05) is 6.07 Å². The maximum absolute atomic E-state index is 6.18. The van der Waals surface area contributed by atoms with E-state index in [4.69, 9.17) is 27.9 Å². The smallest absolute Gasteiger partial charge is 0.191 e. The van der Waals surface area contributed by atoms with Crippen LogP contribution >= 0.6 is 35.0 Å². The van der Waals surface area contributed by atoms with Gasteiger partial charge in [0, 0.05) is 10.8 Å². The fourth-order valence-corrected chi connectivity index (χ4v) is 4.72. The first-order chi connectivity index (χ1) is 14.7. The molecule has 4 rings (SSSR count). The SMILES string of the molecule is Clc1ccc(OCCSc2nnc(CN3CCCC3)n2Cc2ccccc2)c(Cl)c1. The number of hydrogen-bond donors (Lipinski definition) is 0.